The first-order valence-corrected chi connectivity index (χ1v) is 5.27. The summed E-state index contributed by atoms with van der Waals surface area (Å²) in [5.41, 5.74) is 8.91. The minimum absolute atomic E-state index is 0.265. The highest BCUT2D eigenvalue weighted by molar-refractivity contribution is 6.45. The number of para-hydroxylation sites is 1. The van der Waals surface area contributed by atoms with Crippen molar-refractivity contribution in [3.63, 3.8) is 0 Å². The zero-order chi connectivity index (χ0) is 14.4. The Morgan fingerprint density at radius 3 is 2.79 bits per heavy atom. The Balaban J connectivity index is 3.18. The molecule has 0 unspecified atom stereocenters. The van der Waals surface area contributed by atoms with Gasteiger partial charge in [-0.1, -0.05) is 12.1 Å². The van der Waals surface area contributed by atoms with Crippen LogP contribution in [0.3, 0.4) is 0 Å². The van der Waals surface area contributed by atoms with E-state index in [-0.39, 0.29) is 11.3 Å². The van der Waals surface area contributed by atoms with Crippen LogP contribution in [0.2, 0.25) is 0 Å². The van der Waals surface area contributed by atoms with Gasteiger partial charge in [-0.05, 0) is 18.6 Å². The molecule has 0 saturated heterocycles. The molecule has 7 heteroatoms. The first kappa shape index (κ1) is 14.2. The predicted octanol–water partition coefficient (Wildman–Crippen LogP) is 1.01. The average molecular weight is 259 g/mol. The largest absolute Gasteiger partial charge is 0.465 e. The normalized spacial score (nSPS) is 10.5. The van der Waals surface area contributed by atoms with Crippen LogP contribution in [0.1, 0.15) is 15.9 Å². The number of methoxy groups -OCH3 is 1. The highest BCUT2D eigenvalue weighted by Crippen LogP contribution is 2.21. The second kappa shape index (κ2) is 6.16. The highest BCUT2D eigenvalue weighted by atomic mass is 16.5. The van der Waals surface area contributed by atoms with Crippen LogP contribution in [0, 0.1) is 23.7 Å². The van der Waals surface area contributed by atoms with Gasteiger partial charge in [-0.3, -0.25) is 10.8 Å². The van der Waals surface area contributed by atoms with Crippen molar-refractivity contribution in [1.29, 1.82) is 10.7 Å². The Hall–Kier alpha value is -2.88. The molecule has 1 rings (SSSR count). The number of nitrogens with two attached hydrogens (primary N) is 1. The maximum Gasteiger partial charge on any atom is 0.340 e. The molecule has 7 nitrogen and oxygen atoms in total. The molecule has 0 amide bonds. The number of hydrogen-bond donors (Lipinski definition) is 3. The zero-order valence-electron chi connectivity index (χ0n) is 10.5. The summed E-state index contributed by atoms with van der Waals surface area (Å²) < 4.78 is 4.65. The number of carbonyl (C=O) groups excluding carboxylic acids is 1. The lowest BCUT2D eigenvalue weighted by molar-refractivity contribution is 0.0601. The minimum atomic E-state index is -0.525. The van der Waals surface area contributed by atoms with Gasteiger partial charge in [-0.25, -0.2) is 4.79 Å². The molecule has 0 spiro atoms. The molecule has 0 heterocycles. The summed E-state index contributed by atoms with van der Waals surface area (Å²) in [4.78, 5) is 11.6. The lowest BCUT2D eigenvalue weighted by Gasteiger charge is -2.10. The third-order valence-corrected chi connectivity index (χ3v) is 2.32. The molecule has 0 fully saturated rings. The van der Waals surface area contributed by atoms with Crippen LogP contribution < -0.4 is 11.2 Å². The number of benzene rings is 1. The van der Waals surface area contributed by atoms with Crippen LogP contribution in [0.25, 0.3) is 0 Å². The van der Waals surface area contributed by atoms with E-state index in [9.17, 15) is 4.79 Å². The Bertz CT molecular complexity index is 586. The number of hydrogen-bond acceptors (Lipinski definition) is 6. The summed E-state index contributed by atoms with van der Waals surface area (Å²) in [6, 6.07) is 6.71. The first-order chi connectivity index (χ1) is 9.01. The number of esters is 1. The number of ether oxygens (including phenoxy) is 1. The Morgan fingerprint density at radius 2 is 2.26 bits per heavy atom. The van der Waals surface area contributed by atoms with Crippen molar-refractivity contribution in [2.75, 3.05) is 12.5 Å². The Kier molecular flexibility index (Phi) is 4.60. The molecule has 1 aromatic rings. The molecule has 0 aliphatic rings. The summed E-state index contributed by atoms with van der Waals surface area (Å²) in [5, 5.41) is 19.6. The standard InChI is InChI=1S/C12H13N5O2/c1-7-4-3-5-8(12(18)19-2)10(7)17-16-9(6-13)11(14)15/h3-5,17H,1-2H3,(H3,14,15)/b16-9+. The molecule has 0 aliphatic carbocycles. The number of hydrazone groups is 1. The van der Waals surface area contributed by atoms with Gasteiger partial charge in [0, 0.05) is 0 Å². The van der Waals surface area contributed by atoms with E-state index in [0.29, 0.717) is 5.69 Å². The Labute approximate surface area is 110 Å². The predicted molar refractivity (Wildman–Crippen MR) is 71.1 cm³/mol. The van der Waals surface area contributed by atoms with E-state index < -0.39 is 11.8 Å². The van der Waals surface area contributed by atoms with Crippen LogP contribution in [0.15, 0.2) is 23.3 Å². The quantitative estimate of drug-likeness (QED) is 0.322. The Morgan fingerprint density at radius 1 is 1.58 bits per heavy atom. The fourth-order valence-electron chi connectivity index (χ4n) is 1.35. The molecular formula is C12H13N5O2. The fourth-order valence-corrected chi connectivity index (χ4v) is 1.35. The number of anilines is 1. The SMILES string of the molecule is COC(=O)c1cccc(C)c1N/N=C(\C#N)C(=N)N. The van der Waals surface area contributed by atoms with Crippen molar-refractivity contribution in [3.05, 3.63) is 29.3 Å². The van der Waals surface area contributed by atoms with Crippen molar-refractivity contribution >= 4 is 23.2 Å². The minimum Gasteiger partial charge on any atom is -0.465 e. The van der Waals surface area contributed by atoms with Gasteiger partial charge in [0.05, 0.1) is 18.4 Å². The summed E-state index contributed by atoms with van der Waals surface area (Å²) in [7, 11) is 1.27. The summed E-state index contributed by atoms with van der Waals surface area (Å²) >= 11 is 0. The van der Waals surface area contributed by atoms with E-state index in [1.54, 1.807) is 31.2 Å². The molecule has 4 N–H and O–H groups in total. The number of aryl methyl sites for hydroxylation is 1. The van der Waals surface area contributed by atoms with Crippen molar-refractivity contribution in [2.45, 2.75) is 6.92 Å². The van der Waals surface area contributed by atoms with Crippen LogP contribution in [0.4, 0.5) is 5.69 Å². The monoisotopic (exact) mass is 259 g/mol. The van der Waals surface area contributed by atoms with Gasteiger partial charge in [0.15, 0.2) is 5.84 Å². The molecule has 0 bridgehead atoms. The van der Waals surface area contributed by atoms with Gasteiger partial charge in [0.2, 0.25) is 5.71 Å². The highest BCUT2D eigenvalue weighted by Gasteiger charge is 2.13. The number of carbonyl (C=O) groups is 1. The van der Waals surface area contributed by atoms with E-state index >= 15 is 0 Å². The second-order valence-corrected chi connectivity index (χ2v) is 3.59. The van der Waals surface area contributed by atoms with Crippen molar-refractivity contribution < 1.29 is 9.53 Å². The van der Waals surface area contributed by atoms with Gasteiger partial charge >= 0.3 is 5.97 Å². The van der Waals surface area contributed by atoms with Crippen molar-refractivity contribution in [2.24, 2.45) is 10.8 Å². The topological polar surface area (TPSA) is 124 Å². The van der Waals surface area contributed by atoms with E-state index in [4.69, 9.17) is 16.4 Å². The molecular weight excluding hydrogens is 246 g/mol. The molecule has 0 saturated carbocycles. The zero-order valence-corrected chi connectivity index (χ0v) is 10.5. The molecule has 0 aromatic heterocycles. The second-order valence-electron chi connectivity index (χ2n) is 3.59. The maximum absolute atomic E-state index is 11.6. The van der Waals surface area contributed by atoms with Crippen LogP contribution >= 0.6 is 0 Å². The fraction of sp³-hybridized carbons (Fsp3) is 0.167. The lowest BCUT2D eigenvalue weighted by Crippen LogP contribution is -2.22. The van der Waals surface area contributed by atoms with Crippen LogP contribution in [-0.2, 0) is 4.74 Å². The first-order valence-electron chi connectivity index (χ1n) is 5.27. The number of amidine groups is 1. The average Bonchev–Trinajstić information content (AvgIpc) is 2.39. The van der Waals surface area contributed by atoms with E-state index in [2.05, 4.69) is 15.3 Å². The third-order valence-electron chi connectivity index (χ3n) is 2.32. The number of rotatable bonds is 4. The smallest absolute Gasteiger partial charge is 0.340 e. The van der Waals surface area contributed by atoms with Crippen LogP contribution in [0.5, 0.6) is 0 Å². The van der Waals surface area contributed by atoms with Crippen LogP contribution in [-0.4, -0.2) is 24.6 Å². The summed E-state index contributed by atoms with van der Waals surface area (Å²) in [5.74, 6) is -0.981. The van der Waals surface area contributed by atoms with Gasteiger partial charge in [0.25, 0.3) is 0 Å². The van der Waals surface area contributed by atoms with E-state index in [0.717, 1.165) is 5.56 Å². The van der Waals surface area contributed by atoms with Gasteiger partial charge in [-0.15, -0.1) is 0 Å². The number of nitriles is 1. The lowest BCUT2D eigenvalue weighted by atomic mass is 10.1. The number of nitrogens with one attached hydrogen (secondary N) is 2. The molecule has 1 aromatic carbocycles. The van der Waals surface area contributed by atoms with Crippen molar-refractivity contribution in [3.8, 4) is 6.07 Å². The third kappa shape index (κ3) is 3.29. The number of nitrogens with zero attached hydrogens (tertiary/aromatic N) is 2. The van der Waals surface area contributed by atoms with Gasteiger partial charge in [-0.2, -0.15) is 10.4 Å². The summed E-state index contributed by atoms with van der Waals surface area (Å²) in [6.07, 6.45) is 0. The van der Waals surface area contributed by atoms with Gasteiger partial charge in [0.1, 0.15) is 6.07 Å². The molecule has 0 aliphatic heterocycles. The van der Waals surface area contributed by atoms with E-state index in [1.165, 1.54) is 7.11 Å². The summed E-state index contributed by atoms with van der Waals surface area (Å²) in [6.45, 7) is 1.77. The molecule has 98 valence electrons. The maximum atomic E-state index is 11.6. The molecule has 0 atom stereocenters. The van der Waals surface area contributed by atoms with Gasteiger partial charge < -0.3 is 10.5 Å². The molecule has 0 radical (unpaired) electrons. The molecule has 19 heavy (non-hydrogen) atoms. The van der Waals surface area contributed by atoms with E-state index in [1.807, 2.05) is 0 Å². The van der Waals surface area contributed by atoms with Crippen molar-refractivity contribution in [1.82, 2.24) is 0 Å².